The summed E-state index contributed by atoms with van der Waals surface area (Å²) in [7, 11) is 0. The van der Waals surface area contributed by atoms with E-state index < -0.39 is 0 Å². The SMILES string of the molecule is Cc1nc(Cl)cc(N2CCN(c3nc4ccc(Cl)cc4s3)CC2)n1. The number of rotatable bonds is 2. The molecule has 3 aromatic rings. The Labute approximate surface area is 153 Å². The molecule has 1 fully saturated rings. The molecule has 0 aliphatic carbocycles. The Morgan fingerprint density at radius 3 is 2.46 bits per heavy atom. The second-order valence-electron chi connectivity index (χ2n) is 5.68. The fourth-order valence-corrected chi connectivity index (χ4v) is 4.34. The molecule has 8 heteroatoms. The van der Waals surface area contributed by atoms with E-state index in [0.29, 0.717) is 11.0 Å². The largest absolute Gasteiger partial charge is 0.353 e. The zero-order valence-electron chi connectivity index (χ0n) is 13.0. The van der Waals surface area contributed by atoms with E-state index >= 15 is 0 Å². The van der Waals surface area contributed by atoms with E-state index in [9.17, 15) is 0 Å². The average Bonchev–Trinajstić information content (AvgIpc) is 2.97. The maximum absolute atomic E-state index is 6.06. The summed E-state index contributed by atoms with van der Waals surface area (Å²) in [5, 5.41) is 2.28. The number of nitrogens with zero attached hydrogens (tertiary/aromatic N) is 5. The predicted octanol–water partition coefficient (Wildman–Crippen LogP) is 4.03. The van der Waals surface area contributed by atoms with Crippen LogP contribution >= 0.6 is 34.5 Å². The molecule has 124 valence electrons. The van der Waals surface area contributed by atoms with E-state index in [2.05, 4.69) is 19.8 Å². The normalized spacial score (nSPS) is 15.3. The highest BCUT2D eigenvalue weighted by molar-refractivity contribution is 7.22. The molecule has 1 aliphatic heterocycles. The van der Waals surface area contributed by atoms with E-state index in [1.807, 2.05) is 31.2 Å². The number of halogens is 2. The summed E-state index contributed by atoms with van der Waals surface area (Å²) in [5.41, 5.74) is 1.00. The van der Waals surface area contributed by atoms with Crippen LogP contribution in [0.25, 0.3) is 10.2 Å². The van der Waals surface area contributed by atoms with Crippen molar-refractivity contribution in [2.75, 3.05) is 36.0 Å². The van der Waals surface area contributed by atoms with Crippen molar-refractivity contribution in [1.29, 1.82) is 0 Å². The topological polar surface area (TPSA) is 45.2 Å². The van der Waals surface area contributed by atoms with Gasteiger partial charge in [-0.1, -0.05) is 34.5 Å². The second kappa shape index (κ2) is 6.35. The second-order valence-corrected chi connectivity index (χ2v) is 7.51. The van der Waals surface area contributed by atoms with E-state index in [1.54, 1.807) is 11.3 Å². The molecule has 1 aromatic carbocycles. The number of hydrogen-bond donors (Lipinski definition) is 0. The first kappa shape index (κ1) is 15.9. The standard InChI is InChI=1S/C16H15Cl2N5S/c1-10-19-14(18)9-15(20-10)22-4-6-23(7-5-22)16-21-12-3-2-11(17)8-13(12)24-16/h2-3,8-9H,4-7H2,1H3. The number of piperazine rings is 1. The fraction of sp³-hybridized carbons (Fsp3) is 0.312. The number of benzene rings is 1. The number of hydrogen-bond acceptors (Lipinski definition) is 6. The maximum atomic E-state index is 6.06. The molecule has 1 saturated heterocycles. The molecule has 0 spiro atoms. The molecule has 24 heavy (non-hydrogen) atoms. The summed E-state index contributed by atoms with van der Waals surface area (Å²) < 4.78 is 1.12. The lowest BCUT2D eigenvalue weighted by Gasteiger charge is -2.35. The number of fused-ring (bicyclic) bond motifs is 1. The molecule has 0 saturated carbocycles. The van der Waals surface area contributed by atoms with Crippen molar-refractivity contribution in [2.24, 2.45) is 0 Å². The van der Waals surface area contributed by atoms with E-state index in [1.165, 1.54) is 0 Å². The van der Waals surface area contributed by atoms with Crippen LogP contribution in [0.4, 0.5) is 10.9 Å². The zero-order chi connectivity index (χ0) is 16.7. The molecule has 3 heterocycles. The zero-order valence-corrected chi connectivity index (χ0v) is 15.4. The number of aryl methyl sites for hydroxylation is 1. The molecular formula is C16H15Cl2N5S. The first-order chi connectivity index (χ1) is 11.6. The van der Waals surface area contributed by atoms with Crippen molar-refractivity contribution in [3.05, 3.63) is 40.3 Å². The third-order valence-corrected chi connectivity index (χ3v) is 5.51. The van der Waals surface area contributed by atoms with Gasteiger partial charge in [0.25, 0.3) is 0 Å². The van der Waals surface area contributed by atoms with Gasteiger partial charge in [0.2, 0.25) is 0 Å². The summed E-state index contributed by atoms with van der Waals surface area (Å²) in [4.78, 5) is 17.9. The Morgan fingerprint density at radius 1 is 0.958 bits per heavy atom. The molecule has 1 aliphatic rings. The Hall–Kier alpha value is -1.63. The smallest absolute Gasteiger partial charge is 0.186 e. The Bertz CT molecular complexity index is 869. The quantitative estimate of drug-likeness (QED) is 0.629. The Morgan fingerprint density at radius 2 is 1.71 bits per heavy atom. The monoisotopic (exact) mass is 379 g/mol. The highest BCUT2D eigenvalue weighted by Gasteiger charge is 2.21. The van der Waals surface area contributed by atoms with Gasteiger partial charge in [-0.15, -0.1) is 0 Å². The molecule has 5 nitrogen and oxygen atoms in total. The third kappa shape index (κ3) is 3.14. The number of anilines is 2. The third-order valence-electron chi connectivity index (χ3n) is 4.01. The van der Waals surface area contributed by atoms with Crippen LogP contribution in [0.3, 0.4) is 0 Å². The van der Waals surface area contributed by atoms with Gasteiger partial charge in [0.05, 0.1) is 10.2 Å². The van der Waals surface area contributed by atoms with Crippen LogP contribution in [-0.4, -0.2) is 41.1 Å². The fourth-order valence-electron chi connectivity index (χ4n) is 2.83. The van der Waals surface area contributed by atoms with Gasteiger partial charge in [-0.25, -0.2) is 15.0 Å². The molecule has 0 N–H and O–H groups in total. The lowest BCUT2D eigenvalue weighted by atomic mass is 10.3. The molecule has 0 amide bonds. The summed E-state index contributed by atoms with van der Waals surface area (Å²) in [6.07, 6.45) is 0. The van der Waals surface area contributed by atoms with Gasteiger partial charge in [0.1, 0.15) is 16.8 Å². The summed E-state index contributed by atoms with van der Waals surface area (Å²) in [6.45, 7) is 5.41. The van der Waals surface area contributed by atoms with Gasteiger partial charge in [-0.2, -0.15) is 0 Å². The van der Waals surface area contributed by atoms with Crippen molar-refractivity contribution in [2.45, 2.75) is 6.92 Å². The van der Waals surface area contributed by atoms with Crippen LogP contribution in [0, 0.1) is 6.92 Å². The van der Waals surface area contributed by atoms with Crippen LogP contribution in [0.5, 0.6) is 0 Å². The number of thiazole rings is 1. The van der Waals surface area contributed by atoms with Gasteiger partial charge in [-0.05, 0) is 25.1 Å². The molecule has 0 bridgehead atoms. The average molecular weight is 380 g/mol. The molecule has 2 aromatic heterocycles. The van der Waals surface area contributed by atoms with Crippen LogP contribution < -0.4 is 9.80 Å². The first-order valence-corrected chi connectivity index (χ1v) is 9.23. The molecule has 0 atom stereocenters. The minimum absolute atomic E-state index is 0.489. The van der Waals surface area contributed by atoms with E-state index in [0.717, 1.165) is 52.4 Å². The van der Waals surface area contributed by atoms with Crippen molar-refractivity contribution in [1.82, 2.24) is 15.0 Å². The first-order valence-electron chi connectivity index (χ1n) is 7.66. The maximum Gasteiger partial charge on any atom is 0.186 e. The van der Waals surface area contributed by atoms with Crippen LogP contribution in [0.1, 0.15) is 5.82 Å². The summed E-state index contributed by atoms with van der Waals surface area (Å²) in [5.74, 6) is 1.59. The van der Waals surface area contributed by atoms with Crippen LogP contribution in [-0.2, 0) is 0 Å². The minimum atomic E-state index is 0.489. The highest BCUT2D eigenvalue weighted by atomic mass is 35.5. The van der Waals surface area contributed by atoms with Crippen molar-refractivity contribution >= 4 is 55.7 Å². The van der Waals surface area contributed by atoms with Gasteiger partial charge < -0.3 is 9.80 Å². The molecule has 0 radical (unpaired) electrons. The summed E-state index contributed by atoms with van der Waals surface area (Å²) in [6, 6.07) is 7.65. The van der Waals surface area contributed by atoms with Crippen LogP contribution in [0.15, 0.2) is 24.3 Å². The lowest BCUT2D eigenvalue weighted by Crippen LogP contribution is -2.46. The Balaban J connectivity index is 1.50. The lowest BCUT2D eigenvalue weighted by molar-refractivity contribution is 0.645. The van der Waals surface area contributed by atoms with Crippen LogP contribution in [0.2, 0.25) is 10.2 Å². The molecular weight excluding hydrogens is 365 g/mol. The van der Waals surface area contributed by atoms with Gasteiger partial charge in [0, 0.05) is 37.3 Å². The van der Waals surface area contributed by atoms with Gasteiger partial charge in [-0.3, -0.25) is 0 Å². The Kier molecular flexibility index (Phi) is 4.20. The summed E-state index contributed by atoms with van der Waals surface area (Å²) >= 11 is 13.8. The van der Waals surface area contributed by atoms with E-state index in [-0.39, 0.29) is 0 Å². The van der Waals surface area contributed by atoms with Crippen molar-refractivity contribution < 1.29 is 0 Å². The highest BCUT2D eigenvalue weighted by Crippen LogP contribution is 2.31. The predicted molar refractivity (Wildman–Crippen MR) is 101 cm³/mol. The minimum Gasteiger partial charge on any atom is -0.353 e. The van der Waals surface area contributed by atoms with Crippen molar-refractivity contribution in [3.8, 4) is 0 Å². The van der Waals surface area contributed by atoms with Crippen molar-refractivity contribution in [3.63, 3.8) is 0 Å². The number of aromatic nitrogens is 3. The molecule has 0 unspecified atom stereocenters. The van der Waals surface area contributed by atoms with Gasteiger partial charge in [0.15, 0.2) is 5.13 Å². The van der Waals surface area contributed by atoms with Gasteiger partial charge >= 0.3 is 0 Å². The molecule has 4 rings (SSSR count). The van der Waals surface area contributed by atoms with E-state index in [4.69, 9.17) is 28.2 Å².